The van der Waals surface area contributed by atoms with Gasteiger partial charge in [0.1, 0.15) is 5.75 Å². The van der Waals surface area contributed by atoms with Crippen LogP contribution in [0.1, 0.15) is 21.5 Å². The zero-order chi connectivity index (χ0) is 15.6. The van der Waals surface area contributed by atoms with Crippen molar-refractivity contribution in [2.75, 3.05) is 7.05 Å². The Morgan fingerprint density at radius 3 is 2.57 bits per heavy atom. The monoisotopic (exact) mass is 323 g/mol. The van der Waals surface area contributed by atoms with Crippen LogP contribution < -0.4 is 0 Å². The van der Waals surface area contributed by atoms with E-state index in [4.69, 9.17) is 23.2 Å². The highest BCUT2D eigenvalue weighted by molar-refractivity contribution is 6.35. The highest BCUT2D eigenvalue weighted by Gasteiger charge is 2.17. The molecule has 3 nitrogen and oxygen atoms in total. The van der Waals surface area contributed by atoms with E-state index in [1.165, 1.54) is 11.0 Å². The first-order valence-corrected chi connectivity index (χ1v) is 7.13. The number of carbonyl (C=O) groups excluding carboxylic acids is 1. The Kier molecular flexibility index (Phi) is 4.76. The van der Waals surface area contributed by atoms with Crippen LogP contribution in [0.2, 0.25) is 10.0 Å². The molecule has 0 fully saturated rings. The fraction of sp³-hybridized carbons (Fsp3) is 0.188. The van der Waals surface area contributed by atoms with Gasteiger partial charge in [-0.25, -0.2) is 0 Å². The van der Waals surface area contributed by atoms with Crippen LogP contribution in [-0.2, 0) is 6.54 Å². The predicted molar refractivity (Wildman–Crippen MR) is 85.1 cm³/mol. The van der Waals surface area contributed by atoms with Crippen LogP contribution in [0.5, 0.6) is 5.75 Å². The second-order valence-electron chi connectivity index (χ2n) is 4.92. The van der Waals surface area contributed by atoms with Gasteiger partial charge in [0.15, 0.2) is 0 Å². The fourth-order valence-corrected chi connectivity index (χ4v) is 2.47. The Labute approximate surface area is 133 Å². The Balaban J connectivity index is 2.21. The molecule has 0 spiro atoms. The van der Waals surface area contributed by atoms with Crippen molar-refractivity contribution in [1.82, 2.24) is 4.90 Å². The number of benzene rings is 2. The molecule has 21 heavy (non-hydrogen) atoms. The van der Waals surface area contributed by atoms with E-state index in [2.05, 4.69) is 0 Å². The van der Waals surface area contributed by atoms with Crippen LogP contribution in [0.25, 0.3) is 0 Å². The molecule has 1 N–H and O–H groups in total. The molecule has 0 aliphatic rings. The molecule has 0 saturated carbocycles. The lowest BCUT2D eigenvalue weighted by atomic mass is 10.1. The number of aryl methyl sites for hydroxylation is 1. The molecule has 2 rings (SSSR count). The predicted octanol–water partition coefficient (Wildman–Crippen LogP) is 4.28. The van der Waals surface area contributed by atoms with E-state index in [0.717, 1.165) is 11.1 Å². The molecule has 0 radical (unpaired) electrons. The maximum Gasteiger partial charge on any atom is 0.257 e. The standard InChI is InChI=1S/C16H15Cl2NO2/c1-10-3-6-15(20)13(7-10)16(21)19(2)9-11-4-5-12(17)8-14(11)18/h3-8,20H,9H2,1-2H3. The summed E-state index contributed by atoms with van der Waals surface area (Å²) in [5.74, 6) is -0.290. The third-order valence-corrected chi connectivity index (χ3v) is 3.74. The summed E-state index contributed by atoms with van der Waals surface area (Å²) in [5, 5.41) is 10.9. The summed E-state index contributed by atoms with van der Waals surface area (Å²) < 4.78 is 0. The van der Waals surface area contributed by atoms with Crippen LogP contribution in [0, 0.1) is 6.92 Å². The van der Waals surface area contributed by atoms with E-state index in [9.17, 15) is 9.90 Å². The topological polar surface area (TPSA) is 40.5 Å². The average molecular weight is 324 g/mol. The second-order valence-corrected chi connectivity index (χ2v) is 5.76. The molecule has 1 amide bonds. The quantitative estimate of drug-likeness (QED) is 0.915. The van der Waals surface area contributed by atoms with Gasteiger partial charge in [-0.05, 0) is 36.8 Å². The summed E-state index contributed by atoms with van der Waals surface area (Å²) in [7, 11) is 1.66. The van der Waals surface area contributed by atoms with Crippen molar-refractivity contribution in [3.8, 4) is 5.75 Å². The number of phenolic OH excluding ortho intramolecular Hbond substituents is 1. The Morgan fingerprint density at radius 1 is 1.19 bits per heavy atom. The number of nitrogens with zero attached hydrogens (tertiary/aromatic N) is 1. The van der Waals surface area contributed by atoms with Gasteiger partial charge in [0.05, 0.1) is 5.56 Å². The number of aromatic hydroxyl groups is 1. The van der Waals surface area contributed by atoms with Gasteiger partial charge in [0.2, 0.25) is 0 Å². The lowest BCUT2D eigenvalue weighted by Gasteiger charge is -2.19. The van der Waals surface area contributed by atoms with E-state index >= 15 is 0 Å². The summed E-state index contributed by atoms with van der Waals surface area (Å²) in [6, 6.07) is 10.1. The summed E-state index contributed by atoms with van der Waals surface area (Å²) in [6.45, 7) is 2.20. The van der Waals surface area contributed by atoms with Crippen molar-refractivity contribution >= 4 is 29.1 Å². The smallest absolute Gasteiger partial charge is 0.257 e. The molecule has 0 aromatic heterocycles. The average Bonchev–Trinajstić information content (AvgIpc) is 2.43. The summed E-state index contributed by atoms with van der Waals surface area (Å²) in [6.07, 6.45) is 0. The Hall–Kier alpha value is -1.71. The van der Waals surface area contributed by atoms with Gasteiger partial charge in [-0.2, -0.15) is 0 Å². The van der Waals surface area contributed by atoms with Crippen molar-refractivity contribution in [1.29, 1.82) is 0 Å². The van der Waals surface area contributed by atoms with Crippen LogP contribution in [0.15, 0.2) is 36.4 Å². The normalized spacial score (nSPS) is 10.5. The SMILES string of the molecule is Cc1ccc(O)c(C(=O)N(C)Cc2ccc(Cl)cc2Cl)c1. The zero-order valence-electron chi connectivity index (χ0n) is 11.7. The summed E-state index contributed by atoms with van der Waals surface area (Å²) in [5.41, 5.74) is 1.99. The minimum Gasteiger partial charge on any atom is -0.507 e. The van der Waals surface area contributed by atoms with E-state index < -0.39 is 0 Å². The van der Waals surface area contributed by atoms with Crippen LogP contribution in [0.4, 0.5) is 0 Å². The van der Waals surface area contributed by atoms with Gasteiger partial charge in [0.25, 0.3) is 5.91 Å². The molecule has 0 heterocycles. The lowest BCUT2D eigenvalue weighted by Crippen LogP contribution is -2.26. The van der Waals surface area contributed by atoms with E-state index in [1.807, 2.05) is 6.92 Å². The third kappa shape index (κ3) is 3.69. The maximum absolute atomic E-state index is 12.4. The second kappa shape index (κ2) is 6.37. The third-order valence-electron chi connectivity index (χ3n) is 3.15. The molecule has 2 aromatic rings. The number of carbonyl (C=O) groups is 1. The number of rotatable bonds is 3. The minimum atomic E-state index is -0.262. The molecule has 0 atom stereocenters. The molecule has 0 bridgehead atoms. The molecule has 0 unspecified atom stereocenters. The van der Waals surface area contributed by atoms with Crippen molar-refractivity contribution in [2.24, 2.45) is 0 Å². The maximum atomic E-state index is 12.4. The van der Waals surface area contributed by atoms with E-state index in [1.54, 1.807) is 37.4 Å². The van der Waals surface area contributed by atoms with E-state index in [0.29, 0.717) is 16.6 Å². The van der Waals surface area contributed by atoms with Crippen molar-refractivity contribution < 1.29 is 9.90 Å². The van der Waals surface area contributed by atoms with Gasteiger partial charge in [-0.3, -0.25) is 4.79 Å². The molecule has 5 heteroatoms. The van der Waals surface area contributed by atoms with E-state index in [-0.39, 0.29) is 17.2 Å². The number of phenols is 1. The number of hydrogen-bond acceptors (Lipinski definition) is 2. The largest absolute Gasteiger partial charge is 0.507 e. The first-order chi connectivity index (χ1) is 9.88. The number of halogens is 2. The number of hydrogen-bond donors (Lipinski definition) is 1. The molecule has 0 aliphatic heterocycles. The van der Waals surface area contributed by atoms with Crippen molar-refractivity contribution in [3.63, 3.8) is 0 Å². The minimum absolute atomic E-state index is 0.0281. The highest BCUT2D eigenvalue weighted by Crippen LogP contribution is 2.24. The molecule has 0 saturated heterocycles. The Morgan fingerprint density at radius 2 is 1.90 bits per heavy atom. The molecular weight excluding hydrogens is 309 g/mol. The van der Waals surface area contributed by atoms with Gasteiger partial charge < -0.3 is 10.0 Å². The van der Waals surface area contributed by atoms with Crippen molar-refractivity contribution in [2.45, 2.75) is 13.5 Å². The van der Waals surface area contributed by atoms with Gasteiger partial charge >= 0.3 is 0 Å². The van der Waals surface area contributed by atoms with Gasteiger partial charge in [-0.15, -0.1) is 0 Å². The fourth-order valence-electron chi connectivity index (χ4n) is 2.00. The highest BCUT2D eigenvalue weighted by atomic mass is 35.5. The molecular formula is C16H15Cl2NO2. The zero-order valence-corrected chi connectivity index (χ0v) is 13.2. The Bertz CT molecular complexity index is 686. The van der Waals surface area contributed by atoms with Gasteiger partial charge in [-0.1, -0.05) is 40.9 Å². The van der Waals surface area contributed by atoms with Crippen LogP contribution in [0.3, 0.4) is 0 Å². The molecule has 0 aliphatic carbocycles. The lowest BCUT2D eigenvalue weighted by molar-refractivity contribution is 0.0782. The first kappa shape index (κ1) is 15.7. The van der Waals surface area contributed by atoms with Crippen LogP contribution >= 0.6 is 23.2 Å². The molecule has 2 aromatic carbocycles. The molecule has 110 valence electrons. The summed E-state index contributed by atoms with van der Waals surface area (Å²) in [4.78, 5) is 13.9. The van der Waals surface area contributed by atoms with Crippen LogP contribution in [-0.4, -0.2) is 23.0 Å². The first-order valence-electron chi connectivity index (χ1n) is 6.37. The summed E-state index contributed by atoms with van der Waals surface area (Å²) >= 11 is 12.0. The van der Waals surface area contributed by atoms with Crippen molar-refractivity contribution in [3.05, 3.63) is 63.1 Å². The number of amides is 1. The van der Waals surface area contributed by atoms with Gasteiger partial charge in [0, 0.05) is 23.6 Å².